The molecule has 0 amide bonds. The van der Waals surface area contributed by atoms with E-state index in [0.717, 1.165) is 19.5 Å². The van der Waals surface area contributed by atoms with Crippen molar-refractivity contribution in [1.29, 1.82) is 0 Å². The van der Waals surface area contributed by atoms with Crippen LogP contribution in [0.1, 0.15) is 27.2 Å². The number of hydrogen-bond acceptors (Lipinski definition) is 2. The highest BCUT2D eigenvalue weighted by atomic mass is 19.1. The molecule has 1 atom stereocenters. The van der Waals surface area contributed by atoms with Gasteiger partial charge in [0, 0.05) is 24.7 Å². The number of halogens is 1. The van der Waals surface area contributed by atoms with Crippen LogP contribution in [0.5, 0.6) is 0 Å². The molecule has 1 aliphatic rings. The lowest BCUT2D eigenvalue weighted by Crippen LogP contribution is -2.49. The van der Waals surface area contributed by atoms with Crippen LogP contribution >= 0.6 is 0 Å². The van der Waals surface area contributed by atoms with Crippen molar-refractivity contribution in [3.8, 4) is 0 Å². The van der Waals surface area contributed by atoms with E-state index in [2.05, 4.69) is 31.0 Å². The molecule has 0 radical (unpaired) electrons. The van der Waals surface area contributed by atoms with Crippen LogP contribution in [0.25, 0.3) is 0 Å². The summed E-state index contributed by atoms with van der Waals surface area (Å²) in [6.07, 6.45) is 1.04. The molecule has 2 rings (SSSR count). The first-order valence-corrected chi connectivity index (χ1v) is 6.26. The van der Waals surface area contributed by atoms with Crippen molar-refractivity contribution in [2.45, 2.75) is 38.8 Å². The van der Waals surface area contributed by atoms with Crippen molar-refractivity contribution < 1.29 is 4.39 Å². The Hall–Kier alpha value is -1.09. The molecule has 0 spiro atoms. The molecule has 1 fully saturated rings. The number of para-hydroxylation sites is 1. The fraction of sp³-hybridized carbons (Fsp3) is 0.571. The third kappa shape index (κ3) is 2.60. The smallest absolute Gasteiger partial charge is 0.146 e. The minimum atomic E-state index is -0.130. The third-order valence-corrected chi connectivity index (χ3v) is 3.54. The summed E-state index contributed by atoms with van der Waals surface area (Å²) in [6.45, 7) is 8.26. The number of anilines is 1. The average Bonchev–Trinajstić information content (AvgIpc) is 2.40. The summed E-state index contributed by atoms with van der Waals surface area (Å²) in [5.41, 5.74) is 0.654. The molecule has 94 valence electrons. The summed E-state index contributed by atoms with van der Waals surface area (Å²) in [4.78, 5) is 2.18. The van der Waals surface area contributed by atoms with E-state index >= 15 is 0 Å². The maximum absolute atomic E-state index is 13.9. The predicted molar refractivity (Wildman–Crippen MR) is 69.9 cm³/mol. The van der Waals surface area contributed by atoms with Gasteiger partial charge in [-0.25, -0.2) is 4.39 Å². The monoisotopic (exact) mass is 236 g/mol. The molecule has 1 N–H and O–H groups in total. The van der Waals surface area contributed by atoms with E-state index in [4.69, 9.17) is 0 Å². The summed E-state index contributed by atoms with van der Waals surface area (Å²) in [5, 5.41) is 3.49. The highest BCUT2D eigenvalue weighted by Gasteiger charge is 2.31. The van der Waals surface area contributed by atoms with E-state index in [1.807, 2.05) is 12.1 Å². The summed E-state index contributed by atoms with van der Waals surface area (Å²) >= 11 is 0. The normalized spacial score (nSPS) is 24.5. The number of benzene rings is 1. The van der Waals surface area contributed by atoms with E-state index in [9.17, 15) is 4.39 Å². The van der Waals surface area contributed by atoms with E-state index in [1.165, 1.54) is 6.07 Å². The van der Waals surface area contributed by atoms with Gasteiger partial charge in [-0.1, -0.05) is 12.1 Å². The number of nitrogens with one attached hydrogen (secondary N) is 1. The van der Waals surface area contributed by atoms with Gasteiger partial charge in [0.2, 0.25) is 0 Å². The van der Waals surface area contributed by atoms with Crippen LogP contribution in [-0.4, -0.2) is 24.7 Å². The van der Waals surface area contributed by atoms with Crippen molar-refractivity contribution in [3.05, 3.63) is 30.1 Å². The second kappa shape index (κ2) is 4.65. The minimum Gasteiger partial charge on any atom is -0.363 e. The fourth-order valence-corrected chi connectivity index (χ4v) is 2.36. The molecule has 0 aromatic heterocycles. The van der Waals surface area contributed by atoms with Gasteiger partial charge in [0.25, 0.3) is 0 Å². The van der Waals surface area contributed by atoms with Gasteiger partial charge in [-0.2, -0.15) is 0 Å². The molecule has 1 aliphatic heterocycles. The van der Waals surface area contributed by atoms with Crippen LogP contribution in [0.15, 0.2) is 24.3 Å². The molecule has 1 unspecified atom stereocenters. The summed E-state index contributed by atoms with van der Waals surface area (Å²) < 4.78 is 13.9. The van der Waals surface area contributed by atoms with Crippen molar-refractivity contribution in [2.24, 2.45) is 0 Å². The van der Waals surface area contributed by atoms with Gasteiger partial charge in [0.1, 0.15) is 5.82 Å². The Labute approximate surface area is 103 Å². The number of hydrogen-bond donors (Lipinski definition) is 1. The van der Waals surface area contributed by atoms with Crippen molar-refractivity contribution in [3.63, 3.8) is 0 Å². The van der Waals surface area contributed by atoms with Crippen molar-refractivity contribution in [2.75, 3.05) is 18.0 Å². The lowest BCUT2D eigenvalue weighted by atomic mass is 10.0. The second-order valence-corrected chi connectivity index (χ2v) is 5.49. The van der Waals surface area contributed by atoms with Crippen LogP contribution in [0.2, 0.25) is 0 Å². The molecule has 1 heterocycles. The van der Waals surface area contributed by atoms with Gasteiger partial charge in [-0.15, -0.1) is 0 Å². The van der Waals surface area contributed by atoms with Crippen LogP contribution < -0.4 is 10.2 Å². The van der Waals surface area contributed by atoms with Crippen LogP contribution in [0, 0.1) is 5.82 Å². The molecule has 1 aromatic carbocycles. The average molecular weight is 236 g/mol. The molecule has 0 saturated carbocycles. The van der Waals surface area contributed by atoms with Crippen LogP contribution in [0.3, 0.4) is 0 Å². The maximum Gasteiger partial charge on any atom is 0.146 e. The highest BCUT2D eigenvalue weighted by Crippen LogP contribution is 2.28. The zero-order valence-corrected chi connectivity index (χ0v) is 10.8. The molecular weight excluding hydrogens is 215 g/mol. The fourth-order valence-electron chi connectivity index (χ4n) is 2.36. The standard InChI is InChI=1S/C14H21FN2/c1-11-8-9-17(14(2,3)10-16-11)13-7-5-4-6-12(13)15/h4-7,11,16H,8-10H2,1-3H3. The molecular formula is C14H21FN2. The lowest BCUT2D eigenvalue weighted by Gasteiger charge is -2.39. The van der Waals surface area contributed by atoms with Crippen molar-refractivity contribution >= 4 is 5.69 Å². The van der Waals surface area contributed by atoms with Crippen LogP contribution in [-0.2, 0) is 0 Å². The quantitative estimate of drug-likeness (QED) is 0.806. The Kier molecular flexibility index (Phi) is 3.38. The summed E-state index contributed by atoms with van der Waals surface area (Å²) in [7, 11) is 0. The van der Waals surface area contributed by atoms with Gasteiger partial charge >= 0.3 is 0 Å². The van der Waals surface area contributed by atoms with E-state index < -0.39 is 0 Å². The van der Waals surface area contributed by atoms with E-state index in [1.54, 1.807) is 6.07 Å². The van der Waals surface area contributed by atoms with Gasteiger partial charge in [-0.3, -0.25) is 0 Å². The number of nitrogens with zero attached hydrogens (tertiary/aromatic N) is 1. The Morgan fingerprint density at radius 3 is 2.76 bits per heavy atom. The zero-order valence-electron chi connectivity index (χ0n) is 10.8. The van der Waals surface area contributed by atoms with Gasteiger partial charge in [0.05, 0.1) is 5.69 Å². The van der Waals surface area contributed by atoms with Gasteiger partial charge in [-0.05, 0) is 39.3 Å². The maximum atomic E-state index is 13.9. The Morgan fingerprint density at radius 1 is 1.35 bits per heavy atom. The first kappa shape index (κ1) is 12.4. The molecule has 17 heavy (non-hydrogen) atoms. The largest absolute Gasteiger partial charge is 0.363 e. The first-order valence-electron chi connectivity index (χ1n) is 6.26. The summed E-state index contributed by atoms with van der Waals surface area (Å²) in [5.74, 6) is -0.130. The Morgan fingerprint density at radius 2 is 2.06 bits per heavy atom. The van der Waals surface area contributed by atoms with Gasteiger partial charge in [0.15, 0.2) is 0 Å². The molecule has 2 nitrogen and oxygen atoms in total. The summed E-state index contributed by atoms with van der Waals surface area (Å²) in [6, 6.07) is 7.53. The van der Waals surface area contributed by atoms with Crippen molar-refractivity contribution in [1.82, 2.24) is 5.32 Å². The van der Waals surface area contributed by atoms with E-state index in [0.29, 0.717) is 11.7 Å². The minimum absolute atomic E-state index is 0.0625. The second-order valence-electron chi connectivity index (χ2n) is 5.49. The predicted octanol–water partition coefficient (Wildman–Crippen LogP) is 2.79. The Bertz CT molecular complexity index is 390. The molecule has 1 saturated heterocycles. The number of rotatable bonds is 1. The topological polar surface area (TPSA) is 15.3 Å². The first-order chi connectivity index (χ1) is 8.00. The molecule has 0 bridgehead atoms. The van der Waals surface area contributed by atoms with E-state index in [-0.39, 0.29) is 11.4 Å². The lowest BCUT2D eigenvalue weighted by molar-refractivity contribution is 0.442. The highest BCUT2D eigenvalue weighted by molar-refractivity contribution is 5.50. The molecule has 3 heteroatoms. The zero-order chi connectivity index (χ0) is 12.5. The van der Waals surface area contributed by atoms with Crippen LogP contribution in [0.4, 0.5) is 10.1 Å². The Balaban J connectivity index is 2.32. The van der Waals surface area contributed by atoms with Gasteiger partial charge < -0.3 is 10.2 Å². The SMILES string of the molecule is CC1CCN(c2ccccc2F)C(C)(C)CN1. The molecule has 1 aromatic rings. The third-order valence-electron chi connectivity index (χ3n) is 3.54. The molecule has 0 aliphatic carbocycles.